The highest BCUT2D eigenvalue weighted by molar-refractivity contribution is 5.67. The summed E-state index contributed by atoms with van der Waals surface area (Å²) in [7, 11) is 1.42. The maximum atomic E-state index is 13.8. The second kappa shape index (κ2) is 5.44. The van der Waals surface area contributed by atoms with Crippen LogP contribution in [0.25, 0.3) is 11.3 Å². The van der Waals surface area contributed by atoms with Crippen LogP contribution < -0.4 is 4.74 Å². The Hall–Kier alpha value is -2.48. The number of nitrogens with zero attached hydrogens (tertiary/aromatic N) is 2. The van der Waals surface area contributed by atoms with Crippen molar-refractivity contribution >= 4 is 0 Å². The third-order valence-corrected chi connectivity index (χ3v) is 2.60. The molecule has 19 heavy (non-hydrogen) atoms. The average Bonchev–Trinajstić information content (AvgIpc) is 2.42. The van der Waals surface area contributed by atoms with Crippen molar-refractivity contribution in [2.24, 2.45) is 0 Å². The third kappa shape index (κ3) is 2.52. The number of methoxy groups -OCH3 is 1. The van der Waals surface area contributed by atoms with E-state index in [0.29, 0.717) is 11.4 Å². The molecule has 0 saturated carbocycles. The van der Waals surface area contributed by atoms with E-state index in [9.17, 15) is 8.78 Å². The van der Waals surface area contributed by atoms with Crippen molar-refractivity contribution in [3.8, 4) is 23.1 Å². The van der Waals surface area contributed by atoms with Gasteiger partial charge >= 0.3 is 0 Å². The molecule has 5 heteroatoms. The van der Waals surface area contributed by atoms with Crippen LogP contribution in [0.2, 0.25) is 0 Å². The van der Waals surface area contributed by atoms with Crippen LogP contribution in [0.5, 0.6) is 5.75 Å². The van der Waals surface area contributed by atoms with Gasteiger partial charge < -0.3 is 4.74 Å². The molecule has 0 aliphatic heterocycles. The predicted octanol–water partition coefficient (Wildman–Crippen LogP) is 3.10. The number of nitriles is 1. The van der Waals surface area contributed by atoms with Crippen LogP contribution in [0, 0.1) is 23.0 Å². The van der Waals surface area contributed by atoms with Crippen molar-refractivity contribution in [1.82, 2.24) is 4.98 Å². The van der Waals surface area contributed by atoms with Crippen molar-refractivity contribution in [3.63, 3.8) is 0 Å². The number of hydrogen-bond acceptors (Lipinski definition) is 3. The van der Waals surface area contributed by atoms with Crippen molar-refractivity contribution in [3.05, 3.63) is 47.7 Å². The van der Waals surface area contributed by atoms with Gasteiger partial charge in [0.05, 0.1) is 25.3 Å². The topological polar surface area (TPSA) is 45.9 Å². The van der Waals surface area contributed by atoms with Gasteiger partial charge in [-0.1, -0.05) is 6.07 Å². The standard InChI is InChI=1S/C14H10F2N2O/c1-19-12-6-5-9(7-8-17)18-14(12)10-3-2-4-11(15)13(10)16/h2-6H,7H2,1H3. The molecule has 0 saturated heterocycles. The normalized spacial score (nSPS) is 10.0. The number of hydrogen-bond donors (Lipinski definition) is 0. The molecule has 0 atom stereocenters. The molecule has 3 nitrogen and oxygen atoms in total. The first kappa shape index (κ1) is 13.0. The minimum atomic E-state index is -0.984. The molecular formula is C14H10F2N2O. The average molecular weight is 260 g/mol. The highest BCUT2D eigenvalue weighted by Gasteiger charge is 2.15. The fourth-order valence-electron chi connectivity index (χ4n) is 1.71. The predicted molar refractivity (Wildman–Crippen MR) is 65.5 cm³/mol. The molecule has 0 spiro atoms. The first-order valence-electron chi connectivity index (χ1n) is 5.52. The molecule has 0 amide bonds. The molecule has 0 bridgehead atoms. The lowest BCUT2D eigenvalue weighted by atomic mass is 10.1. The van der Waals surface area contributed by atoms with E-state index < -0.39 is 11.6 Å². The van der Waals surface area contributed by atoms with Crippen molar-refractivity contribution < 1.29 is 13.5 Å². The Kier molecular flexibility index (Phi) is 3.71. The molecule has 0 aliphatic carbocycles. The van der Waals surface area contributed by atoms with Crippen LogP contribution in [-0.4, -0.2) is 12.1 Å². The van der Waals surface area contributed by atoms with Gasteiger partial charge in [-0.15, -0.1) is 0 Å². The zero-order valence-electron chi connectivity index (χ0n) is 10.2. The summed E-state index contributed by atoms with van der Waals surface area (Å²) in [6.07, 6.45) is 0.0912. The fourth-order valence-corrected chi connectivity index (χ4v) is 1.71. The summed E-state index contributed by atoms with van der Waals surface area (Å²) >= 11 is 0. The highest BCUT2D eigenvalue weighted by atomic mass is 19.2. The van der Waals surface area contributed by atoms with E-state index in [4.69, 9.17) is 10.00 Å². The van der Waals surface area contributed by atoms with Gasteiger partial charge in [-0.3, -0.25) is 0 Å². The minimum Gasteiger partial charge on any atom is -0.494 e. The van der Waals surface area contributed by atoms with Gasteiger partial charge in [0.25, 0.3) is 0 Å². The fraction of sp³-hybridized carbons (Fsp3) is 0.143. The van der Waals surface area contributed by atoms with Crippen LogP contribution in [0.15, 0.2) is 30.3 Å². The largest absolute Gasteiger partial charge is 0.494 e. The number of benzene rings is 1. The number of ether oxygens (including phenoxy) is 1. The second-order valence-electron chi connectivity index (χ2n) is 3.79. The van der Waals surface area contributed by atoms with Crippen LogP contribution in [-0.2, 0) is 6.42 Å². The molecule has 2 rings (SSSR count). The third-order valence-electron chi connectivity index (χ3n) is 2.60. The van der Waals surface area contributed by atoms with E-state index in [2.05, 4.69) is 4.98 Å². The van der Waals surface area contributed by atoms with E-state index in [1.807, 2.05) is 6.07 Å². The molecule has 96 valence electrons. The molecule has 0 radical (unpaired) electrons. The van der Waals surface area contributed by atoms with E-state index in [0.717, 1.165) is 6.07 Å². The number of pyridine rings is 1. The van der Waals surface area contributed by atoms with Gasteiger partial charge in [0.15, 0.2) is 11.6 Å². The summed E-state index contributed by atoms with van der Waals surface area (Å²) in [5.41, 5.74) is 0.672. The van der Waals surface area contributed by atoms with Crippen molar-refractivity contribution in [1.29, 1.82) is 5.26 Å². The van der Waals surface area contributed by atoms with Gasteiger partial charge in [0, 0.05) is 5.56 Å². The van der Waals surface area contributed by atoms with Crippen molar-refractivity contribution in [2.45, 2.75) is 6.42 Å². The Bertz CT molecular complexity index is 650. The molecule has 0 aliphatic rings. The SMILES string of the molecule is COc1ccc(CC#N)nc1-c1cccc(F)c1F. The molecule has 1 heterocycles. The first-order chi connectivity index (χ1) is 9.17. The maximum absolute atomic E-state index is 13.8. The second-order valence-corrected chi connectivity index (χ2v) is 3.79. The van der Waals surface area contributed by atoms with Crippen LogP contribution >= 0.6 is 0 Å². The molecule has 1 aromatic carbocycles. The maximum Gasteiger partial charge on any atom is 0.168 e. The van der Waals surface area contributed by atoms with Gasteiger partial charge in [-0.2, -0.15) is 5.26 Å². The lowest BCUT2D eigenvalue weighted by Gasteiger charge is -2.10. The smallest absolute Gasteiger partial charge is 0.168 e. The monoisotopic (exact) mass is 260 g/mol. The zero-order valence-corrected chi connectivity index (χ0v) is 10.2. The van der Waals surface area contributed by atoms with Crippen LogP contribution in [0.1, 0.15) is 5.69 Å². The Morgan fingerprint density at radius 3 is 2.74 bits per heavy atom. The molecule has 0 unspecified atom stereocenters. The summed E-state index contributed by atoms with van der Waals surface area (Å²) < 4.78 is 32.1. The summed E-state index contributed by atoms with van der Waals surface area (Å²) in [6.45, 7) is 0. The molecule has 2 aromatic rings. The van der Waals surface area contributed by atoms with Gasteiger partial charge in [0.1, 0.15) is 11.4 Å². The van der Waals surface area contributed by atoms with Gasteiger partial charge in [-0.05, 0) is 24.3 Å². The minimum absolute atomic E-state index is 0.0108. The summed E-state index contributed by atoms with van der Waals surface area (Å²) in [6, 6.07) is 8.99. The molecule has 1 aromatic heterocycles. The number of aromatic nitrogens is 1. The highest BCUT2D eigenvalue weighted by Crippen LogP contribution is 2.31. The van der Waals surface area contributed by atoms with Gasteiger partial charge in [0.2, 0.25) is 0 Å². The van der Waals surface area contributed by atoms with Crippen LogP contribution in [0.4, 0.5) is 8.78 Å². The summed E-state index contributed by atoms with van der Waals surface area (Å²) in [5, 5.41) is 8.65. The summed E-state index contributed by atoms with van der Waals surface area (Å²) in [5.74, 6) is -1.61. The van der Waals surface area contributed by atoms with E-state index in [1.165, 1.54) is 19.2 Å². The van der Waals surface area contributed by atoms with E-state index >= 15 is 0 Å². The number of rotatable bonds is 3. The van der Waals surface area contributed by atoms with E-state index in [1.54, 1.807) is 12.1 Å². The molecule has 0 N–H and O–H groups in total. The van der Waals surface area contributed by atoms with Gasteiger partial charge in [-0.25, -0.2) is 13.8 Å². The first-order valence-corrected chi connectivity index (χ1v) is 5.52. The Labute approximate surface area is 109 Å². The Morgan fingerprint density at radius 2 is 2.05 bits per heavy atom. The quantitative estimate of drug-likeness (QED) is 0.851. The molecular weight excluding hydrogens is 250 g/mol. The Morgan fingerprint density at radius 1 is 1.26 bits per heavy atom. The van der Waals surface area contributed by atoms with Crippen molar-refractivity contribution in [2.75, 3.05) is 7.11 Å². The summed E-state index contributed by atoms with van der Waals surface area (Å²) in [4.78, 5) is 4.15. The van der Waals surface area contributed by atoms with Crippen LogP contribution in [0.3, 0.4) is 0 Å². The molecule has 0 fully saturated rings. The Balaban J connectivity index is 2.62. The number of halogens is 2. The lowest BCUT2D eigenvalue weighted by Crippen LogP contribution is -1.98. The van der Waals surface area contributed by atoms with E-state index in [-0.39, 0.29) is 17.7 Å². The zero-order chi connectivity index (χ0) is 13.8. The lowest BCUT2D eigenvalue weighted by molar-refractivity contribution is 0.414.